The fourth-order valence-electron chi connectivity index (χ4n) is 5.27. The number of carbonyl (C=O) groups is 2. The van der Waals surface area contributed by atoms with Crippen LogP contribution in [0.4, 0.5) is 27.8 Å². The van der Waals surface area contributed by atoms with Crippen molar-refractivity contribution in [3.8, 4) is 11.3 Å². The number of nitrogens with one attached hydrogen (secondary N) is 3. The number of esters is 2. The molecular formula is C32H32ClF5N4O4. The molecule has 0 bridgehead atoms. The highest BCUT2D eigenvalue weighted by atomic mass is 35.5. The topological polar surface area (TPSA) is 105 Å². The Morgan fingerprint density at radius 1 is 1.02 bits per heavy atom. The monoisotopic (exact) mass is 666 g/mol. The van der Waals surface area contributed by atoms with Crippen molar-refractivity contribution in [2.24, 2.45) is 0 Å². The third-order valence-electron chi connectivity index (χ3n) is 7.39. The van der Waals surface area contributed by atoms with Crippen molar-refractivity contribution in [1.29, 1.82) is 0 Å². The molecule has 2 aromatic carbocycles. The minimum absolute atomic E-state index is 0.104. The molecule has 1 atom stereocenters. The normalized spacial score (nSPS) is 15.1. The fraction of sp³-hybridized carbons (Fsp3) is 0.344. The molecule has 246 valence electrons. The number of unbranched alkanes of at least 4 members (excludes halogenated alkanes) is 3. The van der Waals surface area contributed by atoms with Crippen LogP contribution in [0.2, 0.25) is 5.02 Å². The zero-order chi connectivity index (χ0) is 33.4. The van der Waals surface area contributed by atoms with Crippen LogP contribution in [-0.2, 0) is 25.2 Å². The maximum Gasteiger partial charge on any atom is 0.418 e. The number of alkyl halides is 4. The number of halogens is 6. The van der Waals surface area contributed by atoms with E-state index in [2.05, 4.69) is 20.8 Å². The molecule has 1 aromatic heterocycles. The van der Waals surface area contributed by atoms with E-state index in [9.17, 15) is 27.2 Å². The van der Waals surface area contributed by atoms with Gasteiger partial charge in [0.15, 0.2) is 0 Å². The molecule has 46 heavy (non-hydrogen) atoms. The van der Waals surface area contributed by atoms with E-state index in [1.807, 2.05) is 36.4 Å². The molecule has 1 unspecified atom stereocenters. The summed E-state index contributed by atoms with van der Waals surface area (Å²) in [5.74, 6) is -5.07. The van der Waals surface area contributed by atoms with Gasteiger partial charge in [-0.1, -0.05) is 48.4 Å². The van der Waals surface area contributed by atoms with Crippen LogP contribution in [-0.4, -0.2) is 49.1 Å². The van der Waals surface area contributed by atoms with Gasteiger partial charge in [-0.05, 0) is 43.9 Å². The van der Waals surface area contributed by atoms with Crippen LogP contribution in [0, 0.1) is 5.82 Å². The molecule has 0 saturated heterocycles. The first-order chi connectivity index (χ1) is 22.0. The number of allylic oxidation sites excluding steroid dienone is 2. The molecule has 2 heterocycles. The van der Waals surface area contributed by atoms with Gasteiger partial charge >= 0.3 is 18.1 Å². The summed E-state index contributed by atoms with van der Waals surface area (Å²) in [7, 11) is 0.927. The summed E-state index contributed by atoms with van der Waals surface area (Å²) in [4.78, 5) is 26.1. The maximum atomic E-state index is 15.3. The summed E-state index contributed by atoms with van der Waals surface area (Å²) < 4.78 is 82.0. The lowest BCUT2D eigenvalue weighted by Gasteiger charge is -2.32. The van der Waals surface area contributed by atoms with Crippen molar-refractivity contribution in [2.45, 2.75) is 44.7 Å². The summed E-state index contributed by atoms with van der Waals surface area (Å²) in [6, 6.07) is 13.0. The molecule has 0 amide bonds. The molecular weight excluding hydrogens is 635 g/mol. The number of methoxy groups -OCH3 is 1. The summed E-state index contributed by atoms with van der Waals surface area (Å²) in [6.45, 7) is 0.489. The summed E-state index contributed by atoms with van der Waals surface area (Å²) in [5.41, 5.74) is -2.60. The molecule has 1 aliphatic rings. The Bertz CT molecular complexity index is 1620. The van der Waals surface area contributed by atoms with Crippen LogP contribution in [0.15, 0.2) is 71.1 Å². The van der Waals surface area contributed by atoms with Crippen LogP contribution in [0.1, 0.15) is 49.7 Å². The third-order valence-corrected chi connectivity index (χ3v) is 7.71. The van der Waals surface area contributed by atoms with Crippen LogP contribution >= 0.6 is 11.6 Å². The molecule has 0 spiro atoms. The van der Waals surface area contributed by atoms with Crippen LogP contribution in [0.3, 0.4) is 0 Å². The number of hydrogen-bond acceptors (Lipinski definition) is 7. The van der Waals surface area contributed by atoms with Gasteiger partial charge in [0, 0.05) is 23.9 Å². The summed E-state index contributed by atoms with van der Waals surface area (Å²) in [5, 5.41) is 12.1. The Kier molecular flexibility index (Phi) is 11.4. The van der Waals surface area contributed by atoms with Gasteiger partial charge in [-0.25, -0.2) is 18.4 Å². The fourth-order valence-corrected chi connectivity index (χ4v) is 5.54. The van der Waals surface area contributed by atoms with Crippen molar-refractivity contribution in [3.05, 3.63) is 93.0 Å². The van der Waals surface area contributed by atoms with E-state index in [4.69, 9.17) is 21.1 Å². The van der Waals surface area contributed by atoms with Crippen molar-refractivity contribution in [1.82, 2.24) is 15.5 Å². The van der Waals surface area contributed by atoms with Gasteiger partial charge in [0.1, 0.15) is 18.3 Å². The number of aromatic amines is 1. The number of ether oxygens (including phenoxy) is 2. The number of anilines is 1. The van der Waals surface area contributed by atoms with Crippen LogP contribution in [0.25, 0.3) is 11.3 Å². The standard InChI is InChI=1S/C32H32ClF5N4O4/c1-18-25(31(44)46-15-9-4-3-8-14-39-24-16-22(41-42-24)19-10-6-5-7-11-19)28(27(30(43)45-2)23(17-34)40-18)26-21(35)13-12-20(33)29(26)32(36,37)38/h5-7,10-13,16,28,40H,3-4,8-9,14-15,17H2,1-2H3,(H2,39,41,42). The van der Waals surface area contributed by atoms with Gasteiger partial charge in [-0.15, -0.1) is 0 Å². The van der Waals surface area contributed by atoms with Crippen molar-refractivity contribution < 1.29 is 41.0 Å². The second-order valence-electron chi connectivity index (χ2n) is 10.4. The van der Waals surface area contributed by atoms with Crippen molar-refractivity contribution >= 4 is 29.4 Å². The Morgan fingerprint density at radius 3 is 2.41 bits per heavy atom. The van der Waals surface area contributed by atoms with Crippen molar-refractivity contribution in [2.75, 3.05) is 32.3 Å². The number of dihydropyridines is 1. The third kappa shape index (κ3) is 7.87. The van der Waals surface area contributed by atoms with Crippen LogP contribution < -0.4 is 10.6 Å². The molecule has 0 aliphatic carbocycles. The molecule has 3 aromatic rings. The molecule has 1 aliphatic heterocycles. The first-order valence-corrected chi connectivity index (χ1v) is 14.8. The zero-order valence-electron chi connectivity index (χ0n) is 25.0. The van der Waals surface area contributed by atoms with E-state index in [1.54, 1.807) is 0 Å². The van der Waals surface area contributed by atoms with Gasteiger partial charge in [0.2, 0.25) is 0 Å². The summed E-state index contributed by atoms with van der Waals surface area (Å²) >= 11 is 5.87. The predicted octanol–water partition coefficient (Wildman–Crippen LogP) is 7.46. The van der Waals surface area contributed by atoms with E-state index in [1.165, 1.54) is 6.92 Å². The Hall–Kier alpha value is -4.39. The Labute approximate surface area is 267 Å². The lowest BCUT2D eigenvalue weighted by atomic mass is 9.78. The number of rotatable bonds is 13. The molecule has 0 saturated carbocycles. The first-order valence-electron chi connectivity index (χ1n) is 14.4. The quantitative estimate of drug-likeness (QED) is 0.0988. The maximum absolute atomic E-state index is 15.3. The lowest BCUT2D eigenvalue weighted by Crippen LogP contribution is -2.35. The molecule has 0 fully saturated rings. The second-order valence-corrected chi connectivity index (χ2v) is 10.8. The Balaban J connectivity index is 1.41. The largest absolute Gasteiger partial charge is 0.466 e. The number of carbonyl (C=O) groups excluding carboxylic acids is 2. The van der Waals surface area contributed by atoms with Gasteiger partial charge in [-0.3, -0.25) is 5.10 Å². The number of benzene rings is 2. The number of H-pyrrole nitrogens is 1. The highest BCUT2D eigenvalue weighted by molar-refractivity contribution is 6.31. The molecule has 14 heteroatoms. The van der Waals surface area contributed by atoms with Gasteiger partial charge in [0.05, 0.1) is 52.8 Å². The van der Waals surface area contributed by atoms with E-state index in [0.717, 1.165) is 31.2 Å². The Morgan fingerprint density at radius 2 is 1.74 bits per heavy atom. The van der Waals surface area contributed by atoms with Crippen molar-refractivity contribution in [3.63, 3.8) is 0 Å². The minimum atomic E-state index is -5.18. The zero-order valence-corrected chi connectivity index (χ0v) is 25.7. The minimum Gasteiger partial charge on any atom is -0.466 e. The van der Waals surface area contributed by atoms with Crippen LogP contribution in [0.5, 0.6) is 0 Å². The number of aromatic nitrogens is 2. The summed E-state index contributed by atoms with van der Waals surface area (Å²) in [6.07, 6.45) is -2.55. The van der Waals surface area contributed by atoms with E-state index in [0.29, 0.717) is 37.3 Å². The molecule has 0 radical (unpaired) electrons. The molecule has 3 N–H and O–H groups in total. The predicted molar refractivity (Wildman–Crippen MR) is 162 cm³/mol. The van der Waals surface area contributed by atoms with Gasteiger partial charge in [-0.2, -0.15) is 18.3 Å². The average molecular weight is 667 g/mol. The smallest absolute Gasteiger partial charge is 0.418 e. The highest BCUT2D eigenvalue weighted by Crippen LogP contribution is 2.48. The van der Waals surface area contributed by atoms with E-state index in [-0.39, 0.29) is 12.3 Å². The molecule has 4 rings (SSSR count). The van der Waals surface area contributed by atoms with E-state index >= 15 is 4.39 Å². The first kappa shape index (κ1) is 34.5. The second kappa shape index (κ2) is 15.3. The SMILES string of the molecule is COC(=O)C1=C(CF)NC(C)=C(C(=O)OCCCCCCNc2cc(-c3ccccc3)[nH]n2)C1c1c(F)ccc(Cl)c1C(F)(F)F. The molecule has 8 nitrogen and oxygen atoms in total. The van der Waals surface area contributed by atoms with Gasteiger partial charge < -0.3 is 20.1 Å². The number of hydrogen-bond donors (Lipinski definition) is 3. The lowest BCUT2D eigenvalue weighted by molar-refractivity contribution is -0.141. The average Bonchev–Trinajstić information content (AvgIpc) is 3.51. The highest BCUT2D eigenvalue weighted by Gasteiger charge is 2.46. The van der Waals surface area contributed by atoms with Gasteiger partial charge in [0.25, 0.3) is 0 Å². The van der Waals surface area contributed by atoms with E-state index < -0.39 is 69.5 Å². The number of nitrogens with zero attached hydrogens (tertiary/aromatic N) is 1.